The van der Waals surface area contributed by atoms with Crippen molar-refractivity contribution in [2.24, 2.45) is 0 Å². The molecule has 10 heteroatoms. The maximum Gasteiger partial charge on any atom is 0.234 e. The number of benzene rings is 2. The molecular weight excluding hydrogens is 444 g/mol. The van der Waals surface area contributed by atoms with Gasteiger partial charge in [0.05, 0.1) is 30.7 Å². The molecule has 2 aromatic carbocycles. The zero-order valence-electron chi connectivity index (χ0n) is 16.9. The Bertz CT molecular complexity index is 1060. The Labute approximate surface area is 188 Å². The molecule has 3 rings (SSSR count). The normalized spacial score (nSPS) is 10.6. The van der Waals surface area contributed by atoms with Crippen molar-refractivity contribution in [1.29, 1.82) is 0 Å². The van der Waals surface area contributed by atoms with Gasteiger partial charge < -0.3 is 20.1 Å². The molecule has 1 amide bonds. The number of hydrogen-bond donors (Lipinski definition) is 2. The lowest BCUT2D eigenvalue weighted by Gasteiger charge is -2.12. The van der Waals surface area contributed by atoms with E-state index in [1.54, 1.807) is 12.1 Å². The van der Waals surface area contributed by atoms with E-state index in [1.165, 1.54) is 42.9 Å². The second-order valence-corrected chi connectivity index (χ2v) is 8.88. The van der Waals surface area contributed by atoms with E-state index in [0.717, 1.165) is 11.3 Å². The highest BCUT2D eigenvalue weighted by atomic mass is 35.5. The zero-order valence-corrected chi connectivity index (χ0v) is 19.3. The van der Waals surface area contributed by atoms with Crippen LogP contribution in [0.3, 0.4) is 0 Å². The molecule has 1 aromatic heterocycles. The molecule has 0 aliphatic rings. The van der Waals surface area contributed by atoms with Crippen molar-refractivity contribution < 1.29 is 14.3 Å². The molecule has 0 radical (unpaired) electrons. The van der Waals surface area contributed by atoms with Gasteiger partial charge in [-0.2, -0.15) is 0 Å². The first-order valence-corrected chi connectivity index (χ1v) is 11.1. The molecule has 3 aromatic rings. The van der Waals surface area contributed by atoms with Gasteiger partial charge >= 0.3 is 0 Å². The summed E-state index contributed by atoms with van der Waals surface area (Å²) in [6.07, 6.45) is 0. The third-order valence-electron chi connectivity index (χ3n) is 4.33. The number of rotatable bonds is 8. The van der Waals surface area contributed by atoms with Gasteiger partial charge in [-0.05, 0) is 37.1 Å². The molecule has 30 heavy (non-hydrogen) atoms. The Morgan fingerprint density at radius 2 is 1.90 bits per heavy atom. The lowest BCUT2D eigenvalue weighted by Crippen LogP contribution is -2.14. The Hall–Kier alpha value is -2.49. The molecule has 0 aliphatic carbocycles. The number of ether oxygens (including phenoxy) is 2. The van der Waals surface area contributed by atoms with Crippen LogP contribution in [0.15, 0.2) is 34.7 Å². The maximum atomic E-state index is 12.4. The average Bonchev–Trinajstić information content (AvgIpc) is 3.17. The molecule has 0 bridgehead atoms. The highest BCUT2D eigenvalue weighted by Crippen LogP contribution is 2.36. The summed E-state index contributed by atoms with van der Waals surface area (Å²) in [5, 5.41) is 15.4. The van der Waals surface area contributed by atoms with Crippen molar-refractivity contribution >= 4 is 57.1 Å². The SMILES string of the molecule is COc1cc(OC)c(NC(=O)CSc2nnc(Nc3cccc(C)c3C)s2)cc1Cl. The standard InChI is InChI=1S/C20H21ClN4O3S2/c1-11-6-5-7-14(12(11)2)23-19-24-25-20(30-19)29-10-18(26)22-15-8-13(21)16(27-3)9-17(15)28-4/h5-9H,10H2,1-4H3,(H,22,26)(H,23,24). The predicted octanol–water partition coefficient (Wildman–Crippen LogP) is 5.30. The number of carbonyl (C=O) groups excluding carboxylic acids is 1. The third-order valence-corrected chi connectivity index (χ3v) is 6.59. The number of hydrogen-bond acceptors (Lipinski definition) is 8. The first-order valence-electron chi connectivity index (χ1n) is 8.92. The number of aryl methyl sites for hydroxylation is 1. The van der Waals surface area contributed by atoms with Crippen LogP contribution in [0.4, 0.5) is 16.5 Å². The van der Waals surface area contributed by atoms with Gasteiger partial charge in [-0.25, -0.2) is 0 Å². The number of nitrogens with zero attached hydrogens (tertiary/aromatic N) is 2. The van der Waals surface area contributed by atoms with Crippen molar-refractivity contribution in [1.82, 2.24) is 10.2 Å². The average molecular weight is 465 g/mol. The Morgan fingerprint density at radius 3 is 2.63 bits per heavy atom. The van der Waals surface area contributed by atoms with Gasteiger partial charge in [0.1, 0.15) is 11.5 Å². The second kappa shape index (κ2) is 10.0. The van der Waals surface area contributed by atoms with Crippen molar-refractivity contribution in [3.63, 3.8) is 0 Å². The topological polar surface area (TPSA) is 85.4 Å². The van der Waals surface area contributed by atoms with Crippen LogP contribution in [0.25, 0.3) is 0 Å². The summed E-state index contributed by atoms with van der Waals surface area (Å²) >= 11 is 8.84. The summed E-state index contributed by atoms with van der Waals surface area (Å²) < 4.78 is 11.2. The van der Waals surface area contributed by atoms with Crippen molar-refractivity contribution in [3.8, 4) is 11.5 Å². The number of amides is 1. The molecule has 0 aliphatic heterocycles. The summed E-state index contributed by atoms with van der Waals surface area (Å²) in [6, 6.07) is 9.27. The first kappa shape index (κ1) is 22.2. The van der Waals surface area contributed by atoms with E-state index in [-0.39, 0.29) is 11.7 Å². The van der Waals surface area contributed by atoms with E-state index in [1.807, 2.05) is 12.1 Å². The van der Waals surface area contributed by atoms with Crippen LogP contribution in [-0.4, -0.2) is 36.1 Å². The number of carbonyl (C=O) groups is 1. The molecular formula is C20H21ClN4O3S2. The minimum Gasteiger partial charge on any atom is -0.495 e. The van der Waals surface area contributed by atoms with Crippen LogP contribution in [0.5, 0.6) is 11.5 Å². The number of thioether (sulfide) groups is 1. The highest BCUT2D eigenvalue weighted by Gasteiger charge is 2.14. The van der Waals surface area contributed by atoms with Crippen molar-refractivity contribution in [2.75, 3.05) is 30.6 Å². The lowest BCUT2D eigenvalue weighted by atomic mass is 10.1. The van der Waals surface area contributed by atoms with Gasteiger partial charge in [-0.3, -0.25) is 4.79 Å². The lowest BCUT2D eigenvalue weighted by molar-refractivity contribution is -0.113. The Morgan fingerprint density at radius 1 is 1.13 bits per heavy atom. The van der Waals surface area contributed by atoms with E-state index < -0.39 is 0 Å². The molecule has 0 atom stereocenters. The number of nitrogens with one attached hydrogen (secondary N) is 2. The number of anilines is 3. The smallest absolute Gasteiger partial charge is 0.234 e. The molecule has 0 unspecified atom stereocenters. The summed E-state index contributed by atoms with van der Waals surface area (Å²) in [6.45, 7) is 4.11. The zero-order chi connectivity index (χ0) is 21.7. The van der Waals surface area contributed by atoms with Gasteiger partial charge in [0.15, 0.2) is 4.34 Å². The summed E-state index contributed by atoms with van der Waals surface area (Å²) in [4.78, 5) is 12.4. The van der Waals surface area contributed by atoms with Crippen LogP contribution in [-0.2, 0) is 4.79 Å². The monoisotopic (exact) mass is 464 g/mol. The molecule has 7 nitrogen and oxygen atoms in total. The first-order chi connectivity index (χ1) is 14.4. The van der Waals surface area contributed by atoms with Gasteiger partial charge in [0.25, 0.3) is 0 Å². The van der Waals surface area contributed by atoms with Crippen LogP contribution in [0.2, 0.25) is 5.02 Å². The summed E-state index contributed by atoms with van der Waals surface area (Å²) in [5.74, 6) is 0.896. The van der Waals surface area contributed by atoms with Crippen LogP contribution in [0.1, 0.15) is 11.1 Å². The fourth-order valence-corrected chi connectivity index (χ4v) is 4.40. The number of halogens is 1. The van der Waals surface area contributed by atoms with E-state index in [4.69, 9.17) is 21.1 Å². The summed E-state index contributed by atoms with van der Waals surface area (Å²) in [5.41, 5.74) is 3.82. The third kappa shape index (κ3) is 5.35. The van der Waals surface area contributed by atoms with Gasteiger partial charge in [-0.15, -0.1) is 10.2 Å². The maximum absolute atomic E-state index is 12.4. The van der Waals surface area contributed by atoms with Crippen LogP contribution in [0, 0.1) is 13.8 Å². The molecule has 0 fully saturated rings. The van der Waals surface area contributed by atoms with Gasteiger partial charge in [-0.1, -0.05) is 46.8 Å². The van der Waals surface area contributed by atoms with Gasteiger partial charge in [0, 0.05) is 11.8 Å². The largest absolute Gasteiger partial charge is 0.495 e. The van der Waals surface area contributed by atoms with E-state index in [0.29, 0.717) is 31.7 Å². The fraction of sp³-hybridized carbons (Fsp3) is 0.250. The van der Waals surface area contributed by atoms with Crippen molar-refractivity contribution in [3.05, 3.63) is 46.5 Å². The molecule has 0 saturated heterocycles. The summed E-state index contributed by atoms with van der Waals surface area (Å²) in [7, 11) is 3.03. The molecule has 2 N–H and O–H groups in total. The molecule has 0 saturated carbocycles. The van der Waals surface area contributed by atoms with E-state index in [9.17, 15) is 4.79 Å². The quantitative estimate of drug-likeness (QED) is 0.437. The van der Waals surface area contributed by atoms with E-state index >= 15 is 0 Å². The molecule has 1 heterocycles. The Balaban J connectivity index is 1.59. The number of aromatic nitrogens is 2. The second-order valence-electron chi connectivity index (χ2n) is 6.27. The van der Waals surface area contributed by atoms with Crippen molar-refractivity contribution in [2.45, 2.75) is 18.2 Å². The molecule has 0 spiro atoms. The van der Waals surface area contributed by atoms with Crippen LogP contribution < -0.4 is 20.1 Å². The fourth-order valence-electron chi connectivity index (χ4n) is 2.59. The minimum absolute atomic E-state index is 0.172. The van der Waals surface area contributed by atoms with E-state index in [2.05, 4.69) is 40.7 Å². The van der Waals surface area contributed by atoms with Crippen LogP contribution >= 0.6 is 34.7 Å². The highest BCUT2D eigenvalue weighted by molar-refractivity contribution is 8.01. The predicted molar refractivity (Wildman–Crippen MR) is 123 cm³/mol. The molecule has 158 valence electrons. The van der Waals surface area contributed by atoms with Gasteiger partial charge in [0.2, 0.25) is 11.0 Å². The number of methoxy groups -OCH3 is 2. The Kier molecular flexibility index (Phi) is 7.41. The minimum atomic E-state index is -0.209.